The van der Waals surface area contributed by atoms with Crippen molar-refractivity contribution in [3.63, 3.8) is 0 Å². The summed E-state index contributed by atoms with van der Waals surface area (Å²) >= 11 is 8.03. The van der Waals surface area contributed by atoms with Crippen LogP contribution in [0.4, 0.5) is 0 Å². The minimum Gasteiger partial charge on any atom is -0.496 e. The Morgan fingerprint density at radius 1 is 1.32 bits per heavy atom. The van der Waals surface area contributed by atoms with Crippen LogP contribution in [-0.2, 0) is 4.79 Å². The minimum atomic E-state index is -0.691. The topological polar surface area (TPSA) is 49.8 Å². The van der Waals surface area contributed by atoms with Crippen molar-refractivity contribution in [2.45, 2.75) is 25.8 Å². The number of piperidine rings is 1. The molecule has 0 amide bonds. The summed E-state index contributed by atoms with van der Waals surface area (Å²) < 4.78 is 5.58. The number of aryl methyl sites for hydroxylation is 1. The van der Waals surface area contributed by atoms with Crippen molar-refractivity contribution in [1.29, 1.82) is 0 Å². The van der Waals surface area contributed by atoms with Crippen LogP contribution in [0.5, 0.6) is 5.75 Å². The number of thiophene rings is 1. The van der Waals surface area contributed by atoms with E-state index in [1.54, 1.807) is 18.4 Å². The summed E-state index contributed by atoms with van der Waals surface area (Å²) in [4.78, 5) is 16.1. The van der Waals surface area contributed by atoms with E-state index in [9.17, 15) is 9.90 Å². The van der Waals surface area contributed by atoms with E-state index in [0.29, 0.717) is 17.9 Å². The van der Waals surface area contributed by atoms with E-state index in [-0.39, 0.29) is 12.0 Å². The third-order valence-corrected chi connectivity index (χ3v) is 6.05. The average Bonchev–Trinajstić information content (AvgIpc) is 3.02. The molecule has 1 unspecified atom stereocenters. The quantitative estimate of drug-likeness (QED) is 0.824. The van der Waals surface area contributed by atoms with E-state index < -0.39 is 5.97 Å². The van der Waals surface area contributed by atoms with Gasteiger partial charge in [-0.2, -0.15) is 0 Å². The number of nitrogens with zero attached hydrogens (tertiary/aromatic N) is 1. The van der Waals surface area contributed by atoms with Crippen molar-refractivity contribution in [3.05, 3.63) is 50.7 Å². The van der Waals surface area contributed by atoms with Gasteiger partial charge in [0.15, 0.2) is 0 Å². The van der Waals surface area contributed by atoms with Crippen LogP contribution in [0.25, 0.3) is 0 Å². The number of methoxy groups -OCH3 is 1. The maximum Gasteiger partial charge on any atom is 0.306 e. The van der Waals surface area contributed by atoms with Crippen molar-refractivity contribution in [3.8, 4) is 5.75 Å². The second-order valence-corrected chi connectivity index (χ2v) is 8.14. The second kappa shape index (κ2) is 7.77. The summed E-state index contributed by atoms with van der Waals surface area (Å²) in [6.07, 6.45) is 1.33. The van der Waals surface area contributed by atoms with Crippen LogP contribution < -0.4 is 4.74 Å². The van der Waals surface area contributed by atoms with E-state index in [2.05, 4.69) is 24.0 Å². The van der Waals surface area contributed by atoms with Crippen LogP contribution in [0.2, 0.25) is 5.02 Å². The predicted octanol–water partition coefficient (Wildman–Crippen LogP) is 4.60. The molecule has 134 valence electrons. The number of likely N-dealkylation sites (tertiary alicyclic amines) is 1. The predicted molar refractivity (Wildman–Crippen MR) is 101 cm³/mol. The molecular weight excluding hydrogens is 358 g/mol. The Morgan fingerprint density at radius 3 is 2.60 bits per heavy atom. The number of rotatable bonds is 5. The molecule has 3 rings (SSSR count). The zero-order valence-corrected chi connectivity index (χ0v) is 15.9. The molecule has 1 aromatic carbocycles. The first kappa shape index (κ1) is 18.2. The molecule has 1 atom stereocenters. The first-order valence-electron chi connectivity index (χ1n) is 8.36. The average molecular weight is 380 g/mol. The Morgan fingerprint density at radius 2 is 2.04 bits per heavy atom. The highest BCUT2D eigenvalue weighted by Gasteiger charge is 2.32. The van der Waals surface area contributed by atoms with E-state index in [0.717, 1.165) is 24.4 Å². The van der Waals surface area contributed by atoms with Crippen molar-refractivity contribution in [1.82, 2.24) is 4.90 Å². The van der Waals surface area contributed by atoms with Gasteiger partial charge in [0.1, 0.15) is 5.75 Å². The standard InChI is InChI=1S/C19H22ClNO3S/c1-12-3-6-17(25-12)18(15-11-14(20)4-5-16(15)24-2)21-9-7-13(8-10-21)19(22)23/h3-6,11,13,18H,7-10H2,1-2H3,(H,22,23). The smallest absolute Gasteiger partial charge is 0.306 e. The van der Waals surface area contributed by atoms with E-state index >= 15 is 0 Å². The molecule has 1 aliphatic heterocycles. The lowest BCUT2D eigenvalue weighted by atomic mass is 9.93. The monoisotopic (exact) mass is 379 g/mol. The maximum absolute atomic E-state index is 11.3. The third kappa shape index (κ3) is 4.00. The number of carboxylic acids is 1. The summed E-state index contributed by atoms with van der Waals surface area (Å²) in [7, 11) is 1.67. The van der Waals surface area contributed by atoms with Gasteiger partial charge in [-0.3, -0.25) is 9.69 Å². The first-order valence-corrected chi connectivity index (χ1v) is 9.55. The summed E-state index contributed by atoms with van der Waals surface area (Å²) in [5.74, 6) is -0.132. The highest BCUT2D eigenvalue weighted by molar-refractivity contribution is 7.12. The molecule has 25 heavy (non-hydrogen) atoms. The molecule has 0 aliphatic carbocycles. The number of hydrogen-bond donors (Lipinski definition) is 1. The lowest BCUT2D eigenvalue weighted by Gasteiger charge is -2.37. The maximum atomic E-state index is 11.3. The molecule has 2 aromatic rings. The second-order valence-electron chi connectivity index (χ2n) is 6.39. The van der Waals surface area contributed by atoms with Gasteiger partial charge in [-0.05, 0) is 63.2 Å². The van der Waals surface area contributed by atoms with Crippen LogP contribution in [0.15, 0.2) is 30.3 Å². The SMILES string of the molecule is COc1ccc(Cl)cc1C(c1ccc(C)s1)N1CCC(C(=O)O)CC1. The summed E-state index contributed by atoms with van der Waals surface area (Å²) in [5, 5.41) is 9.94. The van der Waals surface area contributed by atoms with Gasteiger partial charge in [0.05, 0.1) is 19.1 Å². The van der Waals surface area contributed by atoms with E-state index in [1.165, 1.54) is 9.75 Å². The van der Waals surface area contributed by atoms with Gasteiger partial charge in [-0.25, -0.2) is 0 Å². The van der Waals surface area contributed by atoms with E-state index in [1.807, 2.05) is 18.2 Å². The lowest BCUT2D eigenvalue weighted by molar-refractivity contribution is -0.143. The Labute approximate surface area is 157 Å². The van der Waals surface area contributed by atoms with Crippen LogP contribution in [0.3, 0.4) is 0 Å². The Balaban J connectivity index is 1.97. The summed E-state index contributed by atoms with van der Waals surface area (Å²) in [6, 6.07) is 9.99. The highest BCUT2D eigenvalue weighted by Crippen LogP contribution is 2.40. The molecular formula is C19H22ClNO3S. The summed E-state index contributed by atoms with van der Waals surface area (Å²) in [5.41, 5.74) is 1.03. The molecule has 1 N–H and O–H groups in total. The molecule has 1 fully saturated rings. The van der Waals surface area contributed by atoms with Gasteiger partial charge < -0.3 is 9.84 Å². The van der Waals surface area contributed by atoms with Crippen molar-refractivity contribution >= 4 is 28.9 Å². The molecule has 0 bridgehead atoms. The lowest BCUT2D eigenvalue weighted by Crippen LogP contribution is -2.39. The zero-order valence-electron chi connectivity index (χ0n) is 14.4. The molecule has 1 aliphatic rings. The van der Waals surface area contributed by atoms with Crippen molar-refractivity contribution in [2.24, 2.45) is 5.92 Å². The normalized spacial score (nSPS) is 17.4. The van der Waals surface area contributed by atoms with Gasteiger partial charge in [-0.15, -0.1) is 11.3 Å². The molecule has 2 heterocycles. The zero-order chi connectivity index (χ0) is 18.0. The number of benzene rings is 1. The molecule has 0 saturated carbocycles. The number of halogens is 1. The molecule has 6 heteroatoms. The minimum absolute atomic E-state index is 0.0297. The highest BCUT2D eigenvalue weighted by atomic mass is 35.5. The number of carboxylic acid groups (broad SMARTS) is 1. The number of ether oxygens (including phenoxy) is 1. The van der Waals surface area contributed by atoms with Gasteiger partial charge in [-0.1, -0.05) is 11.6 Å². The molecule has 0 radical (unpaired) electrons. The Hall–Kier alpha value is -1.56. The fraction of sp³-hybridized carbons (Fsp3) is 0.421. The number of hydrogen-bond acceptors (Lipinski definition) is 4. The Kier molecular flexibility index (Phi) is 5.67. The molecule has 4 nitrogen and oxygen atoms in total. The fourth-order valence-electron chi connectivity index (χ4n) is 3.45. The van der Waals surface area contributed by atoms with Crippen molar-refractivity contribution in [2.75, 3.05) is 20.2 Å². The van der Waals surface area contributed by atoms with Crippen LogP contribution in [0.1, 0.15) is 34.2 Å². The van der Waals surface area contributed by atoms with Gasteiger partial charge in [0, 0.05) is 20.3 Å². The molecule has 0 spiro atoms. The number of carbonyl (C=O) groups is 1. The van der Waals surface area contributed by atoms with Gasteiger partial charge >= 0.3 is 5.97 Å². The van der Waals surface area contributed by atoms with Crippen LogP contribution in [-0.4, -0.2) is 36.2 Å². The largest absolute Gasteiger partial charge is 0.496 e. The molecule has 1 saturated heterocycles. The van der Waals surface area contributed by atoms with E-state index in [4.69, 9.17) is 16.3 Å². The Bertz CT molecular complexity index is 753. The van der Waals surface area contributed by atoms with Gasteiger partial charge in [0.2, 0.25) is 0 Å². The van der Waals surface area contributed by atoms with Gasteiger partial charge in [0.25, 0.3) is 0 Å². The number of aliphatic carboxylic acids is 1. The van der Waals surface area contributed by atoms with Crippen LogP contribution >= 0.6 is 22.9 Å². The van der Waals surface area contributed by atoms with Crippen molar-refractivity contribution < 1.29 is 14.6 Å². The third-order valence-electron chi connectivity index (χ3n) is 4.76. The summed E-state index contributed by atoms with van der Waals surface area (Å²) in [6.45, 7) is 3.58. The fourth-order valence-corrected chi connectivity index (χ4v) is 4.67. The first-order chi connectivity index (χ1) is 12.0. The molecule has 1 aromatic heterocycles. The van der Waals surface area contributed by atoms with Crippen LogP contribution in [0, 0.1) is 12.8 Å².